The largest absolute Gasteiger partial charge is 0.333 e. The van der Waals surface area contributed by atoms with Crippen LogP contribution in [-0.4, -0.2) is 36.5 Å². The third-order valence-corrected chi connectivity index (χ3v) is 4.14. The molecule has 1 N–H and O–H groups in total. The second-order valence-electron chi connectivity index (χ2n) is 4.30. The average molecular weight is 419 g/mol. The van der Waals surface area contributed by atoms with Crippen LogP contribution < -0.4 is 5.32 Å². The fraction of sp³-hybridized carbons (Fsp3) is 0.417. The number of amides is 1. The summed E-state index contributed by atoms with van der Waals surface area (Å²) >= 11 is 7.82. The number of hydrogen-bond acceptors (Lipinski definition) is 2. The molecule has 0 aromatic heterocycles. The van der Waals surface area contributed by atoms with Gasteiger partial charge in [-0.25, -0.2) is 4.39 Å². The molecule has 1 aromatic rings. The number of halogens is 4. The number of carbonyl (C=O) groups is 1. The quantitative estimate of drug-likeness (QED) is 0.561. The minimum atomic E-state index is -0.398. The van der Waals surface area contributed by atoms with Gasteiger partial charge in [0.15, 0.2) is 0 Å². The maximum absolute atomic E-state index is 13.3. The molecule has 3 nitrogen and oxygen atoms in total. The minimum Gasteiger partial charge on any atom is -0.333 e. The lowest BCUT2D eigenvalue weighted by atomic mass is 10.1. The molecule has 1 amide bonds. The van der Waals surface area contributed by atoms with E-state index in [1.807, 2.05) is 29.5 Å². The third-order valence-electron chi connectivity index (χ3n) is 3.00. The molecule has 1 saturated heterocycles. The molecule has 1 atom stereocenters. The van der Waals surface area contributed by atoms with Crippen LogP contribution in [0, 0.1) is 9.39 Å². The normalized spacial score (nSPS) is 18.9. The number of hydrogen-bond donors (Lipinski definition) is 1. The van der Waals surface area contributed by atoms with Crippen LogP contribution in [0.5, 0.6) is 0 Å². The Morgan fingerprint density at radius 1 is 1.58 bits per heavy atom. The standard InChI is InChI=1S/C12H13ClFIN2O.ClH/c1-7-6-16-2-3-17(7)12(18)8-4-11(15)10(14)5-9(8)13;/h4-5,7,16H,2-3,6H2,1H3;1H/t7-;/m0./s1. The Morgan fingerprint density at radius 2 is 2.26 bits per heavy atom. The van der Waals surface area contributed by atoms with Gasteiger partial charge in [0.25, 0.3) is 5.91 Å². The summed E-state index contributed by atoms with van der Waals surface area (Å²) in [7, 11) is 0. The van der Waals surface area contributed by atoms with Crippen LogP contribution in [0.15, 0.2) is 12.1 Å². The van der Waals surface area contributed by atoms with Crippen molar-refractivity contribution in [1.29, 1.82) is 0 Å². The van der Waals surface area contributed by atoms with Crippen molar-refractivity contribution in [2.75, 3.05) is 19.6 Å². The molecule has 0 radical (unpaired) electrons. The number of benzene rings is 1. The van der Waals surface area contributed by atoms with Crippen molar-refractivity contribution < 1.29 is 9.18 Å². The first-order valence-electron chi connectivity index (χ1n) is 5.67. The van der Waals surface area contributed by atoms with Crippen molar-refractivity contribution in [3.8, 4) is 0 Å². The zero-order valence-corrected chi connectivity index (χ0v) is 14.0. The van der Waals surface area contributed by atoms with E-state index in [4.69, 9.17) is 11.6 Å². The van der Waals surface area contributed by atoms with Crippen molar-refractivity contribution in [1.82, 2.24) is 10.2 Å². The van der Waals surface area contributed by atoms with Crippen LogP contribution in [-0.2, 0) is 0 Å². The summed E-state index contributed by atoms with van der Waals surface area (Å²) in [4.78, 5) is 14.2. The van der Waals surface area contributed by atoms with Crippen molar-refractivity contribution in [2.45, 2.75) is 13.0 Å². The number of nitrogens with one attached hydrogen (secondary N) is 1. The van der Waals surface area contributed by atoms with Gasteiger partial charge in [-0.15, -0.1) is 12.4 Å². The van der Waals surface area contributed by atoms with E-state index in [9.17, 15) is 9.18 Å². The van der Waals surface area contributed by atoms with Crippen LogP contribution in [0.1, 0.15) is 17.3 Å². The SMILES string of the molecule is C[C@H]1CNCCN1C(=O)c1cc(I)c(F)cc1Cl.Cl. The average Bonchev–Trinajstić information content (AvgIpc) is 2.33. The monoisotopic (exact) mass is 418 g/mol. The lowest BCUT2D eigenvalue weighted by Crippen LogP contribution is -2.52. The molecular formula is C12H14Cl2FIN2O. The van der Waals surface area contributed by atoms with E-state index in [-0.39, 0.29) is 29.4 Å². The van der Waals surface area contributed by atoms with Gasteiger partial charge in [-0.2, -0.15) is 0 Å². The van der Waals surface area contributed by atoms with E-state index in [1.54, 1.807) is 4.90 Å². The van der Waals surface area contributed by atoms with E-state index in [0.717, 1.165) is 13.1 Å². The van der Waals surface area contributed by atoms with Crippen LogP contribution in [0.25, 0.3) is 0 Å². The molecule has 106 valence electrons. The number of rotatable bonds is 1. The Kier molecular flexibility index (Phi) is 6.29. The molecule has 0 spiro atoms. The maximum atomic E-state index is 13.3. The van der Waals surface area contributed by atoms with E-state index in [2.05, 4.69) is 5.32 Å². The molecular weight excluding hydrogens is 405 g/mol. The fourth-order valence-electron chi connectivity index (χ4n) is 1.98. The zero-order chi connectivity index (χ0) is 13.3. The summed E-state index contributed by atoms with van der Waals surface area (Å²) in [6.07, 6.45) is 0. The molecule has 7 heteroatoms. The number of piperazine rings is 1. The highest BCUT2D eigenvalue weighted by atomic mass is 127. The molecule has 1 aliphatic rings. The predicted octanol–water partition coefficient (Wildman–Crippen LogP) is 2.94. The molecule has 0 saturated carbocycles. The zero-order valence-electron chi connectivity index (χ0n) is 10.3. The lowest BCUT2D eigenvalue weighted by molar-refractivity contribution is 0.0656. The summed E-state index contributed by atoms with van der Waals surface area (Å²) in [6, 6.07) is 2.82. The van der Waals surface area contributed by atoms with Gasteiger partial charge in [-0.1, -0.05) is 11.6 Å². The maximum Gasteiger partial charge on any atom is 0.255 e. The molecule has 2 rings (SSSR count). The number of carbonyl (C=O) groups excluding carboxylic acids is 1. The summed E-state index contributed by atoms with van der Waals surface area (Å²) in [5, 5.41) is 3.39. The molecule has 1 heterocycles. The van der Waals surface area contributed by atoms with Gasteiger partial charge in [0.1, 0.15) is 5.82 Å². The van der Waals surface area contributed by atoms with Crippen molar-refractivity contribution >= 4 is 52.5 Å². The van der Waals surface area contributed by atoms with Gasteiger partial charge in [-0.05, 0) is 41.6 Å². The lowest BCUT2D eigenvalue weighted by Gasteiger charge is -2.34. The van der Waals surface area contributed by atoms with Crippen molar-refractivity contribution in [2.24, 2.45) is 0 Å². The molecule has 0 aliphatic carbocycles. The second-order valence-corrected chi connectivity index (χ2v) is 5.87. The summed E-state index contributed by atoms with van der Waals surface area (Å²) in [5.41, 5.74) is 0.371. The van der Waals surface area contributed by atoms with Crippen LogP contribution in [0.4, 0.5) is 4.39 Å². The van der Waals surface area contributed by atoms with Gasteiger partial charge in [0.05, 0.1) is 10.6 Å². The van der Waals surface area contributed by atoms with Gasteiger partial charge >= 0.3 is 0 Å². The molecule has 1 aromatic carbocycles. The van der Waals surface area contributed by atoms with Crippen LogP contribution in [0.2, 0.25) is 5.02 Å². The Labute approximate surface area is 136 Å². The predicted molar refractivity (Wildman–Crippen MR) is 84.7 cm³/mol. The molecule has 1 fully saturated rings. The van der Waals surface area contributed by atoms with E-state index in [0.29, 0.717) is 15.7 Å². The van der Waals surface area contributed by atoms with Gasteiger partial charge in [0, 0.05) is 29.2 Å². The highest BCUT2D eigenvalue weighted by molar-refractivity contribution is 14.1. The van der Waals surface area contributed by atoms with Crippen LogP contribution in [0.3, 0.4) is 0 Å². The summed E-state index contributed by atoms with van der Waals surface area (Å²) in [5.74, 6) is -0.530. The van der Waals surface area contributed by atoms with E-state index >= 15 is 0 Å². The van der Waals surface area contributed by atoms with E-state index in [1.165, 1.54) is 12.1 Å². The Bertz CT molecular complexity index is 487. The molecule has 0 unspecified atom stereocenters. The minimum absolute atomic E-state index is 0. The van der Waals surface area contributed by atoms with Gasteiger partial charge in [0.2, 0.25) is 0 Å². The fourth-order valence-corrected chi connectivity index (χ4v) is 2.68. The topological polar surface area (TPSA) is 32.3 Å². The van der Waals surface area contributed by atoms with E-state index < -0.39 is 5.82 Å². The Hall–Kier alpha value is -0.110. The van der Waals surface area contributed by atoms with Gasteiger partial charge < -0.3 is 10.2 Å². The Balaban J connectivity index is 0.00000180. The highest BCUT2D eigenvalue weighted by Crippen LogP contribution is 2.24. The smallest absolute Gasteiger partial charge is 0.255 e. The highest BCUT2D eigenvalue weighted by Gasteiger charge is 2.26. The second kappa shape index (κ2) is 7.06. The number of nitrogens with zero attached hydrogens (tertiary/aromatic N) is 1. The molecule has 19 heavy (non-hydrogen) atoms. The van der Waals surface area contributed by atoms with Crippen LogP contribution >= 0.6 is 46.6 Å². The summed E-state index contributed by atoms with van der Waals surface area (Å²) < 4.78 is 13.7. The van der Waals surface area contributed by atoms with Crippen molar-refractivity contribution in [3.63, 3.8) is 0 Å². The van der Waals surface area contributed by atoms with Gasteiger partial charge in [-0.3, -0.25) is 4.79 Å². The van der Waals surface area contributed by atoms with Crippen molar-refractivity contribution in [3.05, 3.63) is 32.1 Å². The first-order valence-corrected chi connectivity index (χ1v) is 7.12. The Morgan fingerprint density at radius 3 is 2.89 bits per heavy atom. The first kappa shape index (κ1) is 16.9. The first-order chi connectivity index (χ1) is 8.50. The molecule has 1 aliphatic heterocycles. The third kappa shape index (κ3) is 3.71. The molecule has 0 bridgehead atoms. The summed E-state index contributed by atoms with van der Waals surface area (Å²) in [6.45, 7) is 4.16.